The van der Waals surface area contributed by atoms with Crippen LogP contribution in [0.15, 0.2) is 30.3 Å². The van der Waals surface area contributed by atoms with Gasteiger partial charge in [0, 0.05) is 32.8 Å². The highest BCUT2D eigenvalue weighted by atomic mass is 16.5. The summed E-state index contributed by atoms with van der Waals surface area (Å²) in [6.07, 6.45) is 4.87. The van der Waals surface area contributed by atoms with Gasteiger partial charge in [-0.25, -0.2) is 0 Å². The predicted octanol–water partition coefficient (Wildman–Crippen LogP) is 3.17. The molecule has 112 valence electrons. The highest BCUT2D eigenvalue weighted by molar-refractivity contribution is 5.18. The van der Waals surface area contributed by atoms with Crippen LogP contribution in [-0.2, 0) is 9.47 Å². The zero-order chi connectivity index (χ0) is 14.0. The molecule has 1 aliphatic heterocycles. The molecule has 1 heterocycles. The lowest BCUT2D eigenvalue weighted by atomic mass is 9.89. The number of methoxy groups -OCH3 is 1. The highest BCUT2D eigenvalue weighted by Crippen LogP contribution is 2.30. The van der Waals surface area contributed by atoms with E-state index in [-0.39, 0.29) is 6.10 Å². The monoisotopic (exact) mass is 277 g/mol. The van der Waals surface area contributed by atoms with Crippen LogP contribution >= 0.6 is 0 Å². The van der Waals surface area contributed by atoms with Crippen molar-refractivity contribution in [1.82, 2.24) is 5.32 Å². The molecule has 0 saturated carbocycles. The molecule has 0 aliphatic carbocycles. The second-order valence-corrected chi connectivity index (χ2v) is 5.51. The number of benzene rings is 1. The lowest BCUT2D eigenvalue weighted by Gasteiger charge is -2.31. The van der Waals surface area contributed by atoms with Crippen LogP contribution in [0.5, 0.6) is 0 Å². The Morgan fingerprint density at radius 2 is 2.00 bits per heavy atom. The van der Waals surface area contributed by atoms with Crippen LogP contribution in [0.2, 0.25) is 0 Å². The first kappa shape index (κ1) is 15.5. The van der Waals surface area contributed by atoms with E-state index in [1.54, 1.807) is 7.11 Å². The molecule has 20 heavy (non-hydrogen) atoms. The van der Waals surface area contributed by atoms with Gasteiger partial charge in [0.25, 0.3) is 0 Å². The van der Waals surface area contributed by atoms with Gasteiger partial charge in [-0.05, 0) is 37.8 Å². The summed E-state index contributed by atoms with van der Waals surface area (Å²) in [4.78, 5) is 0. The average molecular weight is 277 g/mol. The van der Waals surface area contributed by atoms with Crippen molar-refractivity contribution in [3.8, 4) is 0 Å². The zero-order valence-electron chi connectivity index (χ0n) is 12.5. The maximum Gasteiger partial charge on any atom is 0.0865 e. The Morgan fingerprint density at radius 1 is 1.20 bits per heavy atom. The molecule has 1 aromatic rings. The molecule has 0 amide bonds. The Bertz CT molecular complexity index is 349. The van der Waals surface area contributed by atoms with Gasteiger partial charge in [-0.2, -0.15) is 0 Å². The molecular weight excluding hydrogens is 250 g/mol. The van der Waals surface area contributed by atoms with E-state index in [1.807, 2.05) is 0 Å². The van der Waals surface area contributed by atoms with Crippen LogP contribution in [0.25, 0.3) is 0 Å². The molecule has 1 N–H and O–H groups in total. The van der Waals surface area contributed by atoms with Gasteiger partial charge < -0.3 is 14.8 Å². The molecule has 0 radical (unpaired) electrons. The number of ether oxygens (including phenoxy) is 2. The first-order chi connectivity index (χ1) is 9.92. The number of hydrogen-bond donors (Lipinski definition) is 1. The number of hydrogen-bond acceptors (Lipinski definition) is 3. The summed E-state index contributed by atoms with van der Waals surface area (Å²) in [7, 11) is 1.75. The van der Waals surface area contributed by atoms with Gasteiger partial charge in [0.15, 0.2) is 0 Å². The summed E-state index contributed by atoms with van der Waals surface area (Å²) < 4.78 is 11.3. The summed E-state index contributed by atoms with van der Waals surface area (Å²) >= 11 is 0. The molecule has 3 heteroatoms. The largest absolute Gasteiger partial charge is 0.385 e. The Morgan fingerprint density at radius 3 is 2.70 bits per heavy atom. The lowest BCUT2D eigenvalue weighted by Crippen LogP contribution is -2.34. The van der Waals surface area contributed by atoms with Crippen molar-refractivity contribution >= 4 is 0 Å². The average Bonchev–Trinajstić information content (AvgIpc) is 2.53. The molecule has 2 atom stereocenters. The third-order valence-electron chi connectivity index (χ3n) is 3.93. The molecular formula is C17H27NO2. The normalized spacial score (nSPS) is 20.8. The lowest BCUT2D eigenvalue weighted by molar-refractivity contribution is -0.000557. The van der Waals surface area contributed by atoms with Crippen molar-refractivity contribution in [2.24, 2.45) is 5.92 Å². The van der Waals surface area contributed by atoms with Crippen molar-refractivity contribution in [3.63, 3.8) is 0 Å². The summed E-state index contributed by atoms with van der Waals surface area (Å²) in [5, 5.41) is 3.50. The standard InChI is InChI=1S/C17H27NO2/c1-19-12-5-6-13-20-17(15-8-3-2-4-9-15)16-10-7-11-18-14-16/h2-4,8-9,16-18H,5-7,10-14H2,1H3/t16-,17+/m1/s1. The van der Waals surface area contributed by atoms with E-state index < -0.39 is 0 Å². The van der Waals surface area contributed by atoms with Crippen LogP contribution in [0.3, 0.4) is 0 Å². The fourth-order valence-corrected chi connectivity index (χ4v) is 2.84. The van der Waals surface area contributed by atoms with Crippen molar-refractivity contribution < 1.29 is 9.47 Å². The fourth-order valence-electron chi connectivity index (χ4n) is 2.84. The van der Waals surface area contributed by atoms with Crippen LogP contribution in [0.1, 0.15) is 37.4 Å². The van der Waals surface area contributed by atoms with Gasteiger partial charge in [0.2, 0.25) is 0 Å². The van der Waals surface area contributed by atoms with Crippen LogP contribution in [-0.4, -0.2) is 33.4 Å². The molecule has 1 fully saturated rings. The van der Waals surface area contributed by atoms with E-state index >= 15 is 0 Å². The van der Waals surface area contributed by atoms with E-state index in [9.17, 15) is 0 Å². The maximum atomic E-state index is 6.22. The summed E-state index contributed by atoms with van der Waals surface area (Å²) in [6.45, 7) is 3.85. The number of piperidine rings is 1. The molecule has 0 spiro atoms. The third-order valence-corrected chi connectivity index (χ3v) is 3.93. The summed E-state index contributed by atoms with van der Waals surface area (Å²) in [6, 6.07) is 10.7. The van der Waals surface area contributed by atoms with Gasteiger partial charge in [-0.1, -0.05) is 30.3 Å². The van der Waals surface area contributed by atoms with Gasteiger partial charge in [-0.15, -0.1) is 0 Å². The third kappa shape index (κ3) is 4.89. The smallest absolute Gasteiger partial charge is 0.0865 e. The van der Waals surface area contributed by atoms with E-state index in [4.69, 9.17) is 9.47 Å². The van der Waals surface area contributed by atoms with Crippen molar-refractivity contribution in [3.05, 3.63) is 35.9 Å². The molecule has 0 aromatic heterocycles. The van der Waals surface area contributed by atoms with Gasteiger partial charge >= 0.3 is 0 Å². The van der Waals surface area contributed by atoms with E-state index in [2.05, 4.69) is 35.6 Å². The molecule has 1 saturated heterocycles. The molecule has 2 rings (SSSR count). The van der Waals surface area contributed by atoms with E-state index in [0.29, 0.717) is 5.92 Å². The SMILES string of the molecule is COCCCCO[C@@H](c1ccccc1)[C@@H]1CCCNC1. The first-order valence-corrected chi connectivity index (χ1v) is 7.78. The molecule has 3 nitrogen and oxygen atoms in total. The van der Waals surface area contributed by atoms with Crippen LogP contribution < -0.4 is 5.32 Å². The molecule has 1 aromatic carbocycles. The molecule has 0 unspecified atom stereocenters. The Hall–Kier alpha value is -0.900. The maximum absolute atomic E-state index is 6.22. The zero-order valence-corrected chi connectivity index (χ0v) is 12.5. The quantitative estimate of drug-likeness (QED) is 0.740. The minimum absolute atomic E-state index is 0.228. The van der Waals surface area contributed by atoms with Crippen molar-refractivity contribution in [2.45, 2.75) is 31.8 Å². The second kappa shape index (κ2) is 9.11. The van der Waals surface area contributed by atoms with Crippen molar-refractivity contribution in [1.29, 1.82) is 0 Å². The first-order valence-electron chi connectivity index (χ1n) is 7.78. The van der Waals surface area contributed by atoms with Gasteiger partial charge in [0.05, 0.1) is 6.10 Å². The van der Waals surface area contributed by atoms with Crippen LogP contribution in [0, 0.1) is 5.92 Å². The number of nitrogens with one attached hydrogen (secondary N) is 1. The highest BCUT2D eigenvalue weighted by Gasteiger charge is 2.25. The summed E-state index contributed by atoms with van der Waals surface area (Å²) in [5.41, 5.74) is 1.31. The van der Waals surface area contributed by atoms with E-state index in [1.165, 1.54) is 18.4 Å². The van der Waals surface area contributed by atoms with E-state index in [0.717, 1.165) is 39.1 Å². The molecule has 0 bridgehead atoms. The Kier molecular flexibility index (Phi) is 7.06. The van der Waals surface area contributed by atoms with Gasteiger partial charge in [0.1, 0.15) is 0 Å². The second-order valence-electron chi connectivity index (χ2n) is 5.51. The van der Waals surface area contributed by atoms with Gasteiger partial charge in [-0.3, -0.25) is 0 Å². The molecule has 1 aliphatic rings. The number of unbranched alkanes of at least 4 members (excludes halogenated alkanes) is 1. The number of rotatable bonds is 8. The van der Waals surface area contributed by atoms with Crippen molar-refractivity contribution in [2.75, 3.05) is 33.4 Å². The minimum atomic E-state index is 0.228. The predicted molar refractivity (Wildman–Crippen MR) is 81.8 cm³/mol. The Labute approximate surface area is 122 Å². The Balaban J connectivity index is 1.90. The topological polar surface area (TPSA) is 30.5 Å². The fraction of sp³-hybridized carbons (Fsp3) is 0.647. The summed E-state index contributed by atoms with van der Waals surface area (Å²) in [5.74, 6) is 0.591. The minimum Gasteiger partial charge on any atom is -0.385 e. The van der Waals surface area contributed by atoms with Crippen LogP contribution in [0.4, 0.5) is 0 Å².